The van der Waals surface area contributed by atoms with Crippen molar-refractivity contribution in [2.75, 3.05) is 33.2 Å². The summed E-state index contributed by atoms with van der Waals surface area (Å²) in [5, 5.41) is 3.28. The van der Waals surface area contributed by atoms with Crippen LogP contribution >= 0.6 is 0 Å². The van der Waals surface area contributed by atoms with Crippen LogP contribution in [0.25, 0.3) is 0 Å². The molecule has 0 saturated carbocycles. The highest BCUT2D eigenvalue weighted by Crippen LogP contribution is 1.94. The van der Waals surface area contributed by atoms with Gasteiger partial charge in [-0.25, -0.2) is 0 Å². The van der Waals surface area contributed by atoms with Crippen LogP contribution in [0.5, 0.6) is 0 Å². The van der Waals surface area contributed by atoms with Crippen LogP contribution in [0.1, 0.15) is 6.92 Å². The van der Waals surface area contributed by atoms with Crippen molar-refractivity contribution in [2.45, 2.75) is 6.92 Å². The summed E-state index contributed by atoms with van der Waals surface area (Å²) >= 11 is 0. The van der Waals surface area contributed by atoms with Crippen LogP contribution in [-0.4, -0.2) is 44.0 Å². The Labute approximate surface area is 62.1 Å². The molecule has 0 atom stereocenters. The Morgan fingerprint density at radius 1 is 1.70 bits per heavy atom. The lowest BCUT2D eigenvalue weighted by Crippen LogP contribution is -2.47. The third kappa shape index (κ3) is 1.48. The molecular weight excluding hydrogens is 126 g/mol. The third-order valence-electron chi connectivity index (χ3n) is 1.85. The minimum atomic E-state index is 0.935. The van der Waals surface area contributed by atoms with Gasteiger partial charge in [-0.15, -0.1) is 0 Å². The van der Waals surface area contributed by atoms with Crippen molar-refractivity contribution in [3.05, 3.63) is 0 Å². The fourth-order valence-electron chi connectivity index (χ4n) is 1.22. The van der Waals surface area contributed by atoms with Crippen molar-refractivity contribution < 1.29 is 0 Å². The van der Waals surface area contributed by atoms with Crippen LogP contribution in [0.3, 0.4) is 0 Å². The Kier molecular flexibility index (Phi) is 2.68. The molecule has 0 unspecified atom stereocenters. The topological polar surface area (TPSA) is 27.6 Å². The molecule has 1 saturated heterocycles. The minimum Gasteiger partial charge on any atom is -0.358 e. The second kappa shape index (κ2) is 3.56. The maximum Gasteiger partial charge on any atom is 0.113 e. The molecule has 0 aromatic rings. The van der Waals surface area contributed by atoms with E-state index in [0.717, 1.165) is 26.2 Å². The van der Waals surface area contributed by atoms with Crippen molar-refractivity contribution in [1.82, 2.24) is 10.2 Å². The van der Waals surface area contributed by atoms with Crippen LogP contribution in [0, 0.1) is 0 Å². The first-order valence-corrected chi connectivity index (χ1v) is 3.79. The zero-order valence-electron chi connectivity index (χ0n) is 6.72. The number of hydrogen-bond acceptors (Lipinski definition) is 2. The summed E-state index contributed by atoms with van der Waals surface area (Å²) in [5.41, 5.74) is 0. The van der Waals surface area contributed by atoms with E-state index in [0.29, 0.717) is 0 Å². The van der Waals surface area contributed by atoms with E-state index in [-0.39, 0.29) is 0 Å². The Balaban J connectivity index is 2.50. The molecule has 0 radical (unpaired) electrons. The van der Waals surface area contributed by atoms with Gasteiger partial charge < -0.3 is 10.2 Å². The molecule has 1 N–H and O–H groups in total. The number of rotatable bonds is 1. The lowest BCUT2D eigenvalue weighted by Gasteiger charge is -2.29. The highest BCUT2D eigenvalue weighted by Gasteiger charge is 2.11. The third-order valence-corrected chi connectivity index (χ3v) is 1.85. The summed E-state index contributed by atoms with van der Waals surface area (Å²) in [6.07, 6.45) is 0. The summed E-state index contributed by atoms with van der Waals surface area (Å²) in [6, 6.07) is 0. The summed E-state index contributed by atoms with van der Waals surface area (Å²) in [5.74, 6) is 1.19. The first kappa shape index (κ1) is 7.54. The van der Waals surface area contributed by atoms with Gasteiger partial charge in [-0.2, -0.15) is 0 Å². The molecule has 0 amide bonds. The number of nitrogens with one attached hydrogen (secondary N) is 1. The number of hydrogen-bond donors (Lipinski definition) is 1. The predicted molar refractivity (Wildman–Crippen MR) is 43.5 cm³/mol. The van der Waals surface area contributed by atoms with Crippen molar-refractivity contribution in [3.8, 4) is 0 Å². The van der Waals surface area contributed by atoms with Gasteiger partial charge >= 0.3 is 0 Å². The largest absolute Gasteiger partial charge is 0.358 e. The summed E-state index contributed by atoms with van der Waals surface area (Å²) in [7, 11) is 1.85. The molecule has 0 bridgehead atoms. The number of likely N-dealkylation sites (N-methyl/N-ethyl adjacent to an activating group) is 1. The van der Waals surface area contributed by atoms with E-state index in [1.165, 1.54) is 5.84 Å². The summed E-state index contributed by atoms with van der Waals surface area (Å²) in [4.78, 5) is 6.48. The maximum atomic E-state index is 4.18. The quantitative estimate of drug-likeness (QED) is 0.554. The lowest BCUT2D eigenvalue weighted by atomic mass is 10.3. The van der Waals surface area contributed by atoms with Crippen molar-refractivity contribution in [1.29, 1.82) is 0 Å². The summed E-state index contributed by atoms with van der Waals surface area (Å²) in [6.45, 7) is 6.37. The number of aliphatic imine (C=N–C) groups is 1. The van der Waals surface area contributed by atoms with Gasteiger partial charge in [0.05, 0.1) is 6.54 Å². The van der Waals surface area contributed by atoms with E-state index < -0.39 is 0 Å². The Hall–Kier alpha value is -0.570. The Morgan fingerprint density at radius 2 is 2.50 bits per heavy atom. The number of amidine groups is 1. The predicted octanol–water partition coefficient (Wildman–Crippen LogP) is -0.0602. The van der Waals surface area contributed by atoms with Crippen molar-refractivity contribution in [3.63, 3.8) is 0 Å². The normalized spacial score (nSPS) is 23.8. The average Bonchev–Trinajstić information content (AvgIpc) is 2.04. The van der Waals surface area contributed by atoms with E-state index in [1.807, 2.05) is 7.05 Å². The molecule has 1 heterocycles. The SMILES string of the molecule is CCN1CCNCC1=NC. The molecule has 0 aliphatic carbocycles. The fourth-order valence-corrected chi connectivity index (χ4v) is 1.22. The van der Waals surface area contributed by atoms with Gasteiger partial charge in [0.1, 0.15) is 5.84 Å². The Bertz CT molecular complexity index is 131. The van der Waals surface area contributed by atoms with E-state index in [4.69, 9.17) is 0 Å². The fraction of sp³-hybridized carbons (Fsp3) is 0.857. The molecule has 58 valence electrons. The van der Waals surface area contributed by atoms with Gasteiger partial charge in [-0.05, 0) is 6.92 Å². The van der Waals surface area contributed by atoms with Crippen LogP contribution in [0.4, 0.5) is 0 Å². The molecule has 3 heteroatoms. The molecule has 3 nitrogen and oxygen atoms in total. The van der Waals surface area contributed by atoms with E-state index in [9.17, 15) is 0 Å². The lowest BCUT2D eigenvalue weighted by molar-refractivity contribution is 0.397. The van der Waals surface area contributed by atoms with Crippen molar-refractivity contribution >= 4 is 5.84 Å². The second-order valence-electron chi connectivity index (χ2n) is 2.40. The molecular formula is C7H15N3. The Morgan fingerprint density at radius 3 is 3.00 bits per heavy atom. The average molecular weight is 141 g/mol. The van der Waals surface area contributed by atoms with E-state index >= 15 is 0 Å². The number of piperazine rings is 1. The molecule has 1 aliphatic rings. The molecule has 0 spiro atoms. The van der Waals surface area contributed by atoms with Gasteiger partial charge in [0.2, 0.25) is 0 Å². The first-order valence-electron chi connectivity index (χ1n) is 3.79. The zero-order valence-corrected chi connectivity index (χ0v) is 6.72. The van der Waals surface area contributed by atoms with Gasteiger partial charge in [-0.3, -0.25) is 4.99 Å². The summed E-state index contributed by atoms with van der Waals surface area (Å²) < 4.78 is 0. The monoisotopic (exact) mass is 141 g/mol. The minimum absolute atomic E-state index is 0.935. The zero-order chi connectivity index (χ0) is 7.40. The second-order valence-corrected chi connectivity index (χ2v) is 2.40. The maximum absolute atomic E-state index is 4.18. The molecule has 0 aromatic heterocycles. The molecule has 1 aliphatic heterocycles. The molecule has 0 aromatic carbocycles. The number of nitrogens with zero attached hydrogens (tertiary/aromatic N) is 2. The van der Waals surface area contributed by atoms with Crippen LogP contribution in [0.2, 0.25) is 0 Å². The van der Waals surface area contributed by atoms with Gasteiger partial charge in [0.15, 0.2) is 0 Å². The molecule has 1 rings (SSSR count). The standard InChI is InChI=1S/C7H15N3/c1-3-10-5-4-9-6-7(10)8-2/h9H,3-6H2,1-2H3. The highest BCUT2D eigenvalue weighted by molar-refractivity contribution is 5.84. The first-order chi connectivity index (χ1) is 4.88. The van der Waals surface area contributed by atoms with Crippen molar-refractivity contribution in [2.24, 2.45) is 4.99 Å². The smallest absolute Gasteiger partial charge is 0.113 e. The van der Waals surface area contributed by atoms with Gasteiger partial charge in [0.25, 0.3) is 0 Å². The highest BCUT2D eigenvalue weighted by atomic mass is 15.2. The molecule has 1 fully saturated rings. The van der Waals surface area contributed by atoms with Crippen LogP contribution in [0.15, 0.2) is 4.99 Å². The van der Waals surface area contributed by atoms with Gasteiger partial charge in [-0.1, -0.05) is 0 Å². The van der Waals surface area contributed by atoms with E-state index in [1.54, 1.807) is 0 Å². The van der Waals surface area contributed by atoms with Crippen LogP contribution in [-0.2, 0) is 0 Å². The van der Waals surface area contributed by atoms with E-state index in [2.05, 4.69) is 22.1 Å². The van der Waals surface area contributed by atoms with Gasteiger partial charge in [0, 0.05) is 26.7 Å². The molecule has 10 heavy (non-hydrogen) atoms. The van der Waals surface area contributed by atoms with Crippen LogP contribution < -0.4 is 5.32 Å².